The van der Waals surface area contributed by atoms with Gasteiger partial charge in [-0.3, -0.25) is 9.89 Å². The van der Waals surface area contributed by atoms with E-state index in [4.69, 9.17) is 10.5 Å². The fourth-order valence-electron chi connectivity index (χ4n) is 2.50. The predicted molar refractivity (Wildman–Crippen MR) is 86.3 cm³/mol. The molecule has 6 heteroatoms. The average molecular weight is 308 g/mol. The maximum Gasteiger partial charge on any atom is 0.188 e. The number of nitrogens with one attached hydrogen (secondary N) is 1. The van der Waals surface area contributed by atoms with Gasteiger partial charge in [-0.1, -0.05) is 19.1 Å². The van der Waals surface area contributed by atoms with Crippen molar-refractivity contribution in [2.75, 3.05) is 39.4 Å². The Balaban J connectivity index is 2.08. The summed E-state index contributed by atoms with van der Waals surface area (Å²) in [6.45, 7) is 6.56. The lowest BCUT2D eigenvalue weighted by Gasteiger charge is -2.34. The van der Waals surface area contributed by atoms with E-state index in [2.05, 4.69) is 22.1 Å². The summed E-state index contributed by atoms with van der Waals surface area (Å²) in [6, 6.07) is 6.71. The Morgan fingerprint density at radius 1 is 1.36 bits per heavy atom. The second-order valence-electron chi connectivity index (χ2n) is 5.37. The Hall–Kier alpha value is -1.66. The van der Waals surface area contributed by atoms with Crippen LogP contribution in [0.3, 0.4) is 0 Å². The first kappa shape index (κ1) is 16.7. The molecule has 0 spiro atoms. The molecule has 122 valence electrons. The van der Waals surface area contributed by atoms with Gasteiger partial charge in [-0.15, -0.1) is 0 Å². The van der Waals surface area contributed by atoms with Gasteiger partial charge in [0.1, 0.15) is 5.82 Å². The Kier molecular flexibility index (Phi) is 6.61. The average Bonchev–Trinajstić information content (AvgIpc) is 2.55. The molecule has 0 aromatic heterocycles. The van der Waals surface area contributed by atoms with E-state index in [0.29, 0.717) is 25.7 Å². The second-order valence-corrected chi connectivity index (χ2v) is 5.37. The summed E-state index contributed by atoms with van der Waals surface area (Å²) in [4.78, 5) is 6.76. The van der Waals surface area contributed by atoms with Crippen LogP contribution in [0.4, 0.5) is 4.39 Å². The van der Waals surface area contributed by atoms with Crippen molar-refractivity contribution in [3.63, 3.8) is 0 Å². The van der Waals surface area contributed by atoms with Crippen molar-refractivity contribution in [3.05, 3.63) is 35.6 Å². The highest BCUT2D eigenvalue weighted by molar-refractivity contribution is 5.77. The summed E-state index contributed by atoms with van der Waals surface area (Å²) in [5.41, 5.74) is 6.93. The number of aliphatic imine (C=N–C) groups is 1. The standard InChI is InChI=1S/C16H25FN4O/c1-2-7-19-16(18)20-12-15(21-8-10-22-11-9-21)13-3-5-14(17)6-4-13/h3-6,15H,2,7-12H2,1H3,(H3,18,19,20). The number of guanidine groups is 1. The van der Waals surface area contributed by atoms with E-state index in [1.807, 2.05) is 12.1 Å². The third-order valence-electron chi connectivity index (χ3n) is 3.73. The first-order valence-electron chi connectivity index (χ1n) is 7.81. The second kappa shape index (κ2) is 8.70. The number of rotatable bonds is 6. The highest BCUT2D eigenvalue weighted by Gasteiger charge is 2.22. The van der Waals surface area contributed by atoms with Crippen LogP contribution in [0, 0.1) is 5.82 Å². The van der Waals surface area contributed by atoms with Crippen molar-refractivity contribution in [2.24, 2.45) is 10.7 Å². The van der Waals surface area contributed by atoms with Gasteiger partial charge in [-0.2, -0.15) is 0 Å². The zero-order valence-corrected chi connectivity index (χ0v) is 13.1. The number of hydrogen-bond acceptors (Lipinski definition) is 3. The minimum atomic E-state index is -0.225. The molecule has 1 heterocycles. The van der Waals surface area contributed by atoms with Crippen molar-refractivity contribution in [3.8, 4) is 0 Å². The lowest BCUT2D eigenvalue weighted by atomic mass is 10.0. The van der Waals surface area contributed by atoms with Gasteiger partial charge in [0.05, 0.1) is 25.8 Å². The molecule has 1 unspecified atom stereocenters. The van der Waals surface area contributed by atoms with E-state index in [1.54, 1.807) is 0 Å². The van der Waals surface area contributed by atoms with Gasteiger partial charge < -0.3 is 15.8 Å². The summed E-state index contributed by atoms with van der Waals surface area (Å²) in [5.74, 6) is 0.235. The van der Waals surface area contributed by atoms with E-state index < -0.39 is 0 Å². The molecule has 0 bridgehead atoms. The lowest BCUT2D eigenvalue weighted by Crippen LogP contribution is -2.41. The van der Waals surface area contributed by atoms with Gasteiger partial charge in [0, 0.05) is 19.6 Å². The molecule has 0 saturated carbocycles. The van der Waals surface area contributed by atoms with Crippen molar-refractivity contribution in [2.45, 2.75) is 19.4 Å². The highest BCUT2D eigenvalue weighted by atomic mass is 19.1. The van der Waals surface area contributed by atoms with Crippen molar-refractivity contribution in [1.29, 1.82) is 0 Å². The van der Waals surface area contributed by atoms with Crippen LogP contribution in [0.2, 0.25) is 0 Å². The first-order chi connectivity index (χ1) is 10.7. The monoisotopic (exact) mass is 308 g/mol. The number of hydrogen-bond donors (Lipinski definition) is 2. The Bertz CT molecular complexity index is 472. The van der Waals surface area contributed by atoms with E-state index in [1.165, 1.54) is 12.1 Å². The van der Waals surface area contributed by atoms with Crippen LogP contribution < -0.4 is 11.1 Å². The molecule has 1 atom stereocenters. The minimum absolute atomic E-state index is 0.0893. The normalized spacial score (nSPS) is 18.2. The Labute approximate surface area is 131 Å². The fourth-order valence-corrected chi connectivity index (χ4v) is 2.50. The van der Waals surface area contributed by atoms with Crippen LogP contribution in [0.25, 0.3) is 0 Å². The highest BCUT2D eigenvalue weighted by Crippen LogP contribution is 2.22. The number of benzene rings is 1. The summed E-state index contributed by atoms with van der Waals surface area (Å²) in [7, 11) is 0. The van der Waals surface area contributed by atoms with Crippen LogP contribution >= 0.6 is 0 Å². The molecule has 0 aliphatic carbocycles. The molecular formula is C16H25FN4O. The summed E-state index contributed by atoms with van der Waals surface area (Å²) in [5, 5.41) is 3.08. The molecule has 1 aromatic rings. The predicted octanol–water partition coefficient (Wildman–Crippen LogP) is 1.51. The van der Waals surface area contributed by atoms with Gasteiger partial charge in [0.2, 0.25) is 0 Å². The number of halogens is 1. The van der Waals surface area contributed by atoms with E-state index in [-0.39, 0.29) is 11.9 Å². The number of nitrogens with two attached hydrogens (primary N) is 1. The third-order valence-corrected chi connectivity index (χ3v) is 3.73. The summed E-state index contributed by atoms with van der Waals surface area (Å²) in [6.07, 6.45) is 1.00. The van der Waals surface area contributed by atoms with Crippen LogP contribution in [0.1, 0.15) is 24.9 Å². The maximum absolute atomic E-state index is 13.2. The van der Waals surface area contributed by atoms with Crippen LogP contribution in [0.5, 0.6) is 0 Å². The minimum Gasteiger partial charge on any atom is -0.379 e. The van der Waals surface area contributed by atoms with E-state index >= 15 is 0 Å². The van der Waals surface area contributed by atoms with E-state index in [9.17, 15) is 4.39 Å². The molecule has 5 nitrogen and oxygen atoms in total. The third kappa shape index (κ3) is 4.96. The molecule has 0 amide bonds. The van der Waals surface area contributed by atoms with Crippen LogP contribution in [-0.2, 0) is 4.74 Å². The van der Waals surface area contributed by atoms with Gasteiger partial charge in [0.25, 0.3) is 0 Å². The molecule has 0 radical (unpaired) electrons. The van der Waals surface area contributed by atoms with Gasteiger partial charge in [-0.05, 0) is 24.1 Å². The molecule has 1 saturated heterocycles. The molecule has 3 N–H and O–H groups in total. The zero-order chi connectivity index (χ0) is 15.8. The van der Waals surface area contributed by atoms with E-state index in [0.717, 1.165) is 31.6 Å². The number of nitrogens with zero attached hydrogens (tertiary/aromatic N) is 2. The van der Waals surface area contributed by atoms with Crippen molar-refractivity contribution < 1.29 is 9.13 Å². The molecule has 1 aromatic carbocycles. The van der Waals surface area contributed by atoms with Crippen LogP contribution in [0.15, 0.2) is 29.3 Å². The SMILES string of the molecule is CCCNC(N)=NCC(c1ccc(F)cc1)N1CCOCC1. The lowest BCUT2D eigenvalue weighted by molar-refractivity contribution is 0.0179. The fraction of sp³-hybridized carbons (Fsp3) is 0.562. The summed E-state index contributed by atoms with van der Waals surface area (Å²) >= 11 is 0. The van der Waals surface area contributed by atoms with Crippen molar-refractivity contribution >= 4 is 5.96 Å². The first-order valence-corrected chi connectivity index (χ1v) is 7.81. The number of ether oxygens (including phenoxy) is 1. The zero-order valence-electron chi connectivity index (χ0n) is 13.1. The molecular weight excluding hydrogens is 283 g/mol. The number of morpholine rings is 1. The molecule has 1 fully saturated rings. The topological polar surface area (TPSA) is 62.9 Å². The van der Waals surface area contributed by atoms with Gasteiger partial charge in [-0.25, -0.2) is 4.39 Å². The van der Waals surface area contributed by atoms with Gasteiger partial charge >= 0.3 is 0 Å². The largest absolute Gasteiger partial charge is 0.379 e. The Morgan fingerprint density at radius 3 is 2.68 bits per heavy atom. The maximum atomic E-state index is 13.2. The Morgan fingerprint density at radius 2 is 2.05 bits per heavy atom. The van der Waals surface area contributed by atoms with Gasteiger partial charge in [0.15, 0.2) is 5.96 Å². The van der Waals surface area contributed by atoms with Crippen LogP contribution in [-0.4, -0.2) is 50.3 Å². The molecule has 22 heavy (non-hydrogen) atoms. The molecule has 2 rings (SSSR count). The smallest absolute Gasteiger partial charge is 0.188 e. The quantitative estimate of drug-likeness (QED) is 0.618. The molecule has 1 aliphatic rings. The summed E-state index contributed by atoms with van der Waals surface area (Å²) < 4.78 is 18.6. The molecule has 1 aliphatic heterocycles. The van der Waals surface area contributed by atoms with Crippen molar-refractivity contribution in [1.82, 2.24) is 10.2 Å².